The lowest BCUT2D eigenvalue weighted by atomic mass is 9.44. The fourth-order valence-electron chi connectivity index (χ4n) is 9.07. The minimum absolute atomic E-state index is 0.0506. The first-order chi connectivity index (χ1) is 15.8. The smallest absolute Gasteiger partial charge is 0.307 e. The summed E-state index contributed by atoms with van der Waals surface area (Å²) in [6, 6.07) is 0. The van der Waals surface area contributed by atoms with E-state index in [4.69, 9.17) is 4.74 Å². The molecule has 4 fully saturated rings. The highest BCUT2D eigenvalue weighted by atomic mass is 16.6. The van der Waals surface area contributed by atoms with Crippen molar-refractivity contribution in [3.8, 4) is 0 Å². The van der Waals surface area contributed by atoms with Crippen LogP contribution in [0.1, 0.15) is 71.6 Å². The second-order valence-corrected chi connectivity index (χ2v) is 12.0. The molecule has 5 rings (SSSR count). The van der Waals surface area contributed by atoms with E-state index in [0.717, 1.165) is 49.5 Å². The topological polar surface area (TPSA) is 87.3 Å². The number of hydrogen-bond donors (Lipinski definition) is 0. The largest absolute Gasteiger partial charge is 0.384 e. The van der Waals surface area contributed by atoms with Crippen molar-refractivity contribution in [2.75, 3.05) is 13.7 Å². The van der Waals surface area contributed by atoms with Crippen molar-refractivity contribution in [3.05, 3.63) is 22.5 Å². The number of hydrogen-bond acceptors (Lipinski definition) is 5. The maximum atomic E-state index is 13.4. The van der Waals surface area contributed by atoms with Gasteiger partial charge in [0, 0.05) is 19.6 Å². The van der Waals surface area contributed by atoms with Crippen molar-refractivity contribution in [3.63, 3.8) is 0 Å². The monoisotopic (exact) mass is 457 g/mol. The first-order valence-electron chi connectivity index (χ1n) is 12.9. The number of Topliss-reactive ketones (excluding diaryl/α,β-unsaturated/α-hetero) is 1. The standard InChI is InChI=1S/C26H39N3O4/c1-25-10-8-17(16-33-3)12-18(25)4-5-20-21-6-7-23(26(21,2)11-9-22(20)25)24(30)15-28-14-19(13-27-28)29(31)32/h13-14,17-18,20-23H,4-12,15-16H2,1-3H3/t17?,18?,20?,21?,22?,23-,25?,26?/m1/s1. The van der Waals surface area contributed by atoms with Crippen LogP contribution in [0, 0.1) is 56.5 Å². The molecule has 0 amide bonds. The average molecular weight is 458 g/mol. The fraction of sp³-hybridized carbons (Fsp3) is 0.846. The zero-order chi connectivity index (χ0) is 23.4. The van der Waals surface area contributed by atoms with Gasteiger partial charge in [-0.15, -0.1) is 0 Å². The molecule has 8 atom stereocenters. The summed E-state index contributed by atoms with van der Waals surface area (Å²) >= 11 is 0. The number of nitrogens with zero attached hydrogens (tertiary/aromatic N) is 3. The lowest BCUT2D eigenvalue weighted by Gasteiger charge is -2.61. The lowest BCUT2D eigenvalue weighted by molar-refractivity contribution is -0.385. The summed E-state index contributed by atoms with van der Waals surface area (Å²) in [5, 5.41) is 15.0. The van der Waals surface area contributed by atoms with Crippen LogP contribution in [-0.2, 0) is 16.1 Å². The average Bonchev–Trinajstić information content (AvgIpc) is 3.38. The normalized spacial score (nSPS) is 42.3. The number of aromatic nitrogens is 2. The van der Waals surface area contributed by atoms with Gasteiger partial charge >= 0.3 is 5.69 Å². The Morgan fingerprint density at radius 3 is 2.64 bits per heavy atom. The molecule has 0 saturated heterocycles. The Hall–Kier alpha value is -1.76. The van der Waals surface area contributed by atoms with Gasteiger partial charge in [0.1, 0.15) is 18.9 Å². The van der Waals surface area contributed by atoms with Gasteiger partial charge < -0.3 is 4.74 Å². The molecule has 4 saturated carbocycles. The van der Waals surface area contributed by atoms with Gasteiger partial charge in [0.25, 0.3) is 0 Å². The Kier molecular flexibility index (Phi) is 5.91. The second kappa shape index (κ2) is 8.47. The van der Waals surface area contributed by atoms with Crippen LogP contribution in [0.15, 0.2) is 12.4 Å². The zero-order valence-electron chi connectivity index (χ0n) is 20.4. The molecule has 33 heavy (non-hydrogen) atoms. The van der Waals surface area contributed by atoms with Crippen LogP contribution in [-0.4, -0.2) is 34.2 Å². The van der Waals surface area contributed by atoms with E-state index in [1.807, 2.05) is 7.11 Å². The number of carbonyl (C=O) groups is 1. The molecule has 7 nitrogen and oxygen atoms in total. The second-order valence-electron chi connectivity index (χ2n) is 12.0. The Labute approximate surface area is 196 Å². The number of ether oxygens (including phenoxy) is 1. The molecule has 4 aliphatic carbocycles. The highest BCUT2D eigenvalue weighted by Gasteiger charge is 2.61. The first-order valence-corrected chi connectivity index (χ1v) is 12.9. The molecule has 1 heterocycles. The van der Waals surface area contributed by atoms with Gasteiger partial charge in [-0.3, -0.25) is 19.6 Å². The maximum absolute atomic E-state index is 13.4. The van der Waals surface area contributed by atoms with E-state index in [1.165, 1.54) is 55.6 Å². The van der Waals surface area contributed by atoms with Crippen molar-refractivity contribution in [2.24, 2.45) is 46.3 Å². The predicted molar refractivity (Wildman–Crippen MR) is 124 cm³/mol. The maximum Gasteiger partial charge on any atom is 0.307 e. The van der Waals surface area contributed by atoms with Crippen LogP contribution in [0.2, 0.25) is 0 Å². The van der Waals surface area contributed by atoms with Gasteiger partial charge in [-0.1, -0.05) is 13.8 Å². The third kappa shape index (κ3) is 3.75. The molecule has 0 aliphatic heterocycles. The minimum Gasteiger partial charge on any atom is -0.384 e. The van der Waals surface area contributed by atoms with Crippen LogP contribution in [0.25, 0.3) is 0 Å². The molecule has 0 bridgehead atoms. The quantitative estimate of drug-likeness (QED) is 0.428. The lowest BCUT2D eigenvalue weighted by Crippen LogP contribution is -2.54. The van der Waals surface area contributed by atoms with Crippen molar-refractivity contribution in [2.45, 2.75) is 78.2 Å². The zero-order valence-corrected chi connectivity index (χ0v) is 20.4. The summed E-state index contributed by atoms with van der Waals surface area (Å²) in [7, 11) is 1.83. The van der Waals surface area contributed by atoms with Gasteiger partial charge in [-0.05, 0) is 98.2 Å². The van der Waals surface area contributed by atoms with Crippen molar-refractivity contribution >= 4 is 11.5 Å². The van der Waals surface area contributed by atoms with E-state index < -0.39 is 4.92 Å². The summed E-state index contributed by atoms with van der Waals surface area (Å²) < 4.78 is 6.94. The van der Waals surface area contributed by atoms with Crippen molar-refractivity contribution in [1.29, 1.82) is 0 Å². The molecular weight excluding hydrogens is 418 g/mol. The van der Waals surface area contributed by atoms with E-state index >= 15 is 0 Å². The van der Waals surface area contributed by atoms with Crippen molar-refractivity contribution in [1.82, 2.24) is 9.78 Å². The molecule has 4 aliphatic rings. The van der Waals surface area contributed by atoms with Crippen LogP contribution in [0.3, 0.4) is 0 Å². The summed E-state index contributed by atoms with van der Waals surface area (Å²) in [5.41, 5.74) is 0.460. The molecule has 0 radical (unpaired) electrons. The Morgan fingerprint density at radius 1 is 1.15 bits per heavy atom. The molecule has 0 spiro atoms. The molecule has 7 unspecified atom stereocenters. The number of rotatable bonds is 6. The van der Waals surface area contributed by atoms with Gasteiger partial charge in [0.15, 0.2) is 5.78 Å². The van der Waals surface area contributed by atoms with Gasteiger partial charge in [0.2, 0.25) is 0 Å². The fourth-order valence-corrected chi connectivity index (χ4v) is 9.07. The number of carbonyl (C=O) groups excluding carboxylic acids is 1. The number of fused-ring (bicyclic) bond motifs is 5. The highest BCUT2D eigenvalue weighted by Crippen LogP contribution is 2.67. The van der Waals surface area contributed by atoms with E-state index in [9.17, 15) is 14.9 Å². The molecular formula is C26H39N3O4. The van der Waals surface area contributed by atoms with E-state index in [-0.39, 0.29) is 29.3 Å². The number of ketones is 1. The van der Waals surface area contributed by atoms with E-state index in [0.29, 0.717) is 11.3 Å². The van der Waals surface area contributed by atoms with E-state index in [1.54, 1.807) is 0 Å². The summed E-state index contributed by atoms with van der Waals surface area (Å²) in [4.78, 5) is 23.9. The molecule has 0 N–H and O–H groups in total. The van der Waals surface area contributed by atoms with Gasteiger partial charge in [0.05, 0.1) is 4.92 Å². The molecule has 1 aromatic rings. The van der Waals surface area contributed by atoms with E-state index in [2.05, 4.69) is 18.9 Å². The summed E-state index contributed by atoms with van der Waals surface area (Å²) in [6.07, 6.45) is 13.7. The predicted octanol–water partition coefficient (Wildman–Crippen LogP) is 5.28. The number of methoxy groups -OCH3 is 1. The Balaban J connectivity index is 1.30. The molecule has 1 aromatic heterocycles. The molecule has 182 valence electrons. The third-order valence-corrected chi connectivity index (χ3v) is 10.7. The van der Waals surface area contributed by atoms with Crippen molar-refractivity contribution < 1.29 is 14.5 Å². The summed E-state index contributed by atoms with van der Waals surface area (Å²) in [5.74, 6) is 3.97. The van der Waals surface area contributed by atoms with Crippen LogP contribution in [0.4, 0.5) is 5.69 Å². The van der Waals surface area contributed by atoms with Gasteiger partial charge in [-0.2, -0.15) is 5.10 Å². The van der Waals surface area contributed by atoms with Crippen LogP contribution >= 0.6 is 0 Å². The van der Waals surface area contributed by atoms with Gasteiger partial charge in [-0.25, -0.2) is 0 Å². The first kappa shape index (κ1) is 23.0. The summed E-state index contributed by atoms with van der Waals surface area (Å²) in [6.45, 7) is 6.02. The third-order valence-electron chi connectivity index (χ3n) is 10.7. The Morgan fingerprint density at radius 2 is 1.91 bits per heavy atom. The SMILES string of the molecule is COCC1CCC2(C)C(CCC3C2CCC2(C)C3CC[C@@H]2C(=O)Cn2cc([N+](=O)[O-])cn2)C1. The van der Waals surface area contributed by atoms with Crippen LogP contribution in [0.5, 0.6) is 0 Å². The molecule has 7 heteroatoms. The molecule has 0 aromatic carbocycles. The van der Waals surface area contributed by atoms with Crippen LogP contribution < -0.4 is 0 Å². The Bertz CT molecular complexity index is 915. The number of nitro groups is 1. The minimum atomic E-state index is -0.457. The highest BCUT2D eigenvalue weighted by molar-refractivity contribution is 5.82.